The van der Waals surface area contributed by atoms with Gasteiger partial charge in [0.1, 0.15) is 12.3 Å². The van der Waals surface area contributed by atoms with Gasteiger partial charge in [-0.15, -0.1) is 0 Å². The number of carbonyl (C=O) groups is 1. The van der Waals surface area contributed by atoms with Crippen molar-refractivity contribution in [3.63, 3.8) is 0 Å². The molecule has 0 radical (unpaired) electrons. The van der Waals surface area contributed by atoms with E-state index in [9.17, 15) is 18.0 Å². The molecule has 0 spiro atoms. The highest BCUT2D eigenvalue weighted by atomic mass is 19.4. The lowest BCUT2D eigenvalue weighted by atomic mass is 10.2. The second kappa shape index (κ2) is 9.07. The van der Waals surface area contributed by atoms with Crippen LogP contribution in [0, 0.1) is 0 Å². The van der Waals surface area contributed by atoms with Crippen LogP contribution in [-0.2, 0) is 16.1 Å². The highest BCUT2D eigenvalue weighted by Gasteiger charge is 2.34. The molecule has 0 bridgehead atoms. The number of hydrogen-bond acceptors (Lipinski definition) is 5. The average Bonchev–Trinajstić information content (AvgIpc) is 3.29. The first-order valence-electron chi connectivity index (χ1n) is 9.32. The number of halogens is 3. The minimum atomic E-state index is -4.44. The van der Waals surface area contributed by atoms with Gasteiger partial charge in [0.2, 0.25) is 5.91 Å². The number of ether oxygens (including phenoxy) is 1. The molecule has 0 aliphatic carbocycles. The normalized spacial score (nSPS) is 22.3. The Hall–Kier alpha value is -1.58. The number of furan rings is 1. The van der Waals surface area contributed by atoms with Gasteiger partial charge >= 0.3 is 6.18 Å². The van der Waals surface area contributed by atoms with Crippen molar-refractivity contribution in [3.8, 4) is 0 Å². The Labute approximate surface area is 156 Å². The molecule has 2 saturated heterocycles. The lowest BCUT2D eigenvalue weighted by Gasteiger charge is -2.36. The molecule has 1 aromatic heterocycles. The minimum absolute atomic E-state index is 0.00937. The summed E-state index contributed by atoms with van der Waals surface area (Å²) in [6.07, 6.45) is -0.586. The Bertz CT molecular complexity index is 580. The minimum Gasteiger partial charge on any atom is -0.467 e. The summed E-state index contributed by atoms with van der Waals surface area (Å²) in [5, 5.41) is 0. The van der Waals surface area contributed by atoms with Crippen molar-refractivity contribution in [2.75, 3.05) is 52.4 Å². The fraction of sp³-hybridized carbons (Fsp3) is 0.722. The van der Waals surface area contributed by atoms with E-state index in [0.717, 1.165) is 44.0 Å². The van der Waals surface area contributed by atoms with E-state index in [2.05, 4.69) is 4.90 Å². The van der Waals surface area contributed by atoms with Gasteiger partial charge in [0.15, 0.2) is 0 Å². The third kappa shape index (κ3) is 6.51. The van der Waals surface area contributed by atoms with Gasteiger partial charge in [-0.25, -0.2) is 0 Å². The van der Waals surface area contributed by atoms with E-state index in [0.29, 0.717) is 18.8 Å². The van der Waals surface area contributed by atoms with Crippen LogP contribution in [0.15, 0.2) is 22.8 Å². The maximum Gasteiger partial charge on any atom is 0.406 e. The number of rotatable bonds is 7. The summed E-state index contributed by atoms with van der Waals surface area (Å²) in [6.45, 7) is 3.18. The third-order valence-corrected chi connectivity index (χ3v) is 4.96. The predicted octanol–water partition coefficient (Wildman–Crippen LogP) is 1.97. The van der Waals surface area contributed by atoms with Gasteiger partial charge in [-0.3, -0.25) is 14.6 Å². The predicted molar refractivity (Wildman–Crippen MR) is 92.0 cm³/mol. The van der Waals surface area contributed by atoms with Gasteiger partial charge in [-0.2, -0.15) is 13.2 Å². The number of hydrogen-bond donors (Lipinski definition) is 0. The van der Waals surface area contributed by atoms with Gasteiger partial charge in [0.05, 0.1) is 25.5 Å². The van der Waals surface area contributed by atoms with E-state index >= 15 is 0 Å². The van der Waals surface area contributed by atoms with Gasteiger partial charge in [-0.05, 0) is 25.0 Å². The van der Waals surface area contributed by atoms with Crippen LogP contribution in [0.25, 0.3) is 0 Å². The molecule has 3 rings (SSSR count). The molecule has 2 aliphatic heterocycles. The van der Waals surface area contributed by atoms with Crippen LogP contribution in [0.5, 0.6) is 0 Å². The van der Waals surface area contributed by atoms with Crippen LogP contribution in [0.4, 0.5) is 13.2 Å². The van der Waals surface area contributed by atoms with Crippen molar-refractivity contribution in [1.29, 1.82) is 0 Å². The van der Waals surface area contributed by atoms with Crippen LogP contribution < -0.4 is 0 Å². The van der Waals surface area contributed by atoms with E-state index in [1.807, 2.05) is 4.90 Å². The Kier molecular flexibility index (Phi) is 6.78. The van der Waals surface area contributed by atoms with Crippen LogP contribution in [0.1, 0.15) is 18.6 Å². The molecule has 27 heavy (non-hydrogen) atoms. The maximum atomic E-state index is 12.9. The van der Waals surface area contributed by atoms with Crippen LogP contribution in [0.2, 0.25) is 0 Å². The van der Waals surface area contributed by atoms with Crippen molar-refractivity contribution in [2.24, 2.45) is 0 Å². The topological polar surface area (TPSA) is 49.2 Å². The zero-order chi connectivity index (χ0) is 19.3. The summed E-state index contributed by atoms with van der Waals surface area (Å²) in [4.78, 5) is 17.5. The molecule has 6 nitrogen and oxygen atoms in total. The molecule has 0 saturated carbocycles. The van der Waals surface area contributed by atoms with E-state index in [1.54, 1.807) is 12.1 Å². The van der Waals surface area contributed by atoms with Crippen molar-refractivity contribution in [2.45, 2.75) is 31.7 Å². The zero-order valence-corrected chi connectivity index (χ0v) is 15.3. The van der Waals surface area contributed by atoms with E-state index in [1.165, 1.54) is 6.26 Å². The van der Waals surface area contributed by atoms with Crippen molar-refractivity contribution in [1.82, 2.24) is 14.7 Å². The van der Waals surface area contributed by atoms with Crippen LogP contribution >= 0.6 is 0 Å². The fourth-order valence-electron chi connectivity index (χ4n) is 3.54. The number of carbonyl (C=O) groups excluding carboxylic acids is 1. The quantitative estimate of drug-likeness (QED) is 0.714. The Balaban J connectivity index is 1.48. The first-order chi connectivity index (χ1) is 12.9. The molecule has 1 amide bonds. The standard InChI is InChI=1S/C18H26F3N3O3/c19-18(20,21)14-24(12-16-4-2-10-27-16)17(25)13-23-7-5-22(6-8-23)11-15-3-1-9-26-15/h2,4,10,15H,1,3,5-9,11-14H2. The Morgan fingerprint density at radius 2 is 1.96 bits per heavy atom. The Morgan fingerprint density at radius 3 is 2.56 bits per heavy atom. The maximum absolute atomic E-state index is 12.9. The first kappa shape index (κ1) is 20.2. The molecule has 152 valence electrons. The second-order valence-electron chi connectivity index (χ2n) is 7.16. The fourth-order valence-corrected chi connectivity index (χ4v) is 3.54. The summed E-state index contributed by atoms with van der Waals surface area (Å²) in [7, 11) is 0. The highest BCUT2D eigenvalue weighted by molar-refractivity contribution is 5.78. The second-order valence-corrected chi connectivity index (χ2v) is 7.16. The highest BCUT2D eigenvalue weighted by Crippen LogP contribution is 2.19. The largest absolute Gasteiger partial charge is 0.467 e. The smallest absolute Gasteiger partial charge is 0.406 e. The molecule has 0 N–H and O–H groups in total. The summed E-state index contributed by atoms with van der Waals surface area (Å²) < 4.78 is 49.3. The van der Waals surface area contributed by atoms with Crippen molar-refractivity contribution < 1.29 is 27.1 Å². The van der Waals surface area contributed by atoms with Gasteiger partial charge in [-0.1, -0.05) is 0 Å². The number of nitrogens with zero attached hydrogens (tertiary/aromatic N) is 3. The number of alkyl halides is 3. The number of piperazine rings is 1. The molecule has 2 fully saturated rings. The van der Waals surface area contributed by atoms with E-state index in [-0.39, 0.29) is 19.2 Å². The lowest BCUT2D eigenvalue weighted by Crippen LogP contribution is -2.52. The summed E-state index contributed by atoms with van der Waals surface area (Å²) in [5.41, 5.74) is 0. The number of amides is 1. The molecular weight excluding hydrogens is 363 g/mol. The van der Waals surface area contributed by atoms with Crippen LogP contribution in [0.3, 0.4) is 0 Å². The van der Waals surface area contributed by atoms with Crippen molar-refractivity contribution >= 4 is 5.91 Å². The molecule has 1 aromatic rings. The molecular formula is C18H26F3N3O3. The SMILES string of the molecule is O=C(CN1CCN(CC2CCCO2)CC1)N(Cc1ccco1)CC(F)(F)F. The molecule has 9 heteroatoms. The molecule has 3 heterocycles. The third-order valence-electron chi connectivity index (χ3n) is 4.96. The summed E-state index contributed by atoms with van der Waals surface area (Å²) in [6, 6.07) is 3.17. The summed E-state index contributed by atoms with van der Waals surface area (Å²) >= 11 is 0. The van der Waals surface area contributed by atoms with Gasteiger partial charge in [0, 0.05) is 39.3 Å². The molecule has 1 atom stereocenters. The lowest BCUT2D eigenvalue weighted by molar-refractivity contribution is -0.163. The average molecular weight is 389 g/mol. The van der Waals surface area contributed by atoms with Crippen molar-refractivity contribution in [3.05, 3.63) is 24.2 Å². The van der Waals surface area contributed by atoms with Gasteiger partial charge in [0.25, 0.3) is 0 Å². The van der Waals surface area contributed by atoms with E-state index in [4.69, 9.17) is 9.15 Å². The van der Waals surface area contributed by atoms with E-state index < -0.39 is 18.6 Å². The Morgan fingerprint density at radius 1 is 1.22 bits per heavy atom. The summed E-state index contributed by atoms with van der Waals surface area (Å²) in [5.74, 6) is -0.190. The first-order valence-corrected chi connectivity index (χ1v) is 9.32. The van der Waals surface area contributed by atoms with Gasteiger partial charge < -0.3 is 14.1 Å². The molecule has 0 aromatic carbocycles. The van der Waals surface area contributed by atoms with Crippen LogP contribution in [-0.4, -0.2) is 85.3 Å². The zero-order valence-electron chi connectivity index (χ0n) is 15.3. The molecule has 1 unspecified atom stereocenters. The molecule has 2 aliphatic rings. The monoisotopic (exact) mass is 389 g/mol.